The second kappa shape index (κ2) is 9.63. The van der Waals surface area contributed by atoms with Crippen LogP contribution in [0, 0.1) is 0 Å². The molecule has 4 aromatic rings. The molecule has 2 heterocycles. The highest BCUT2D eigenvalue weighted by Gasteiger charge is 2.25. The molecule has 0 saturated carbocycles. The third-order valence-electron chi connectivity index (χ3n) is 7.24. The molecule has 0 fully saturated rings. The van der Waals surface area contributed by atoms with Crippen molar-refractivity contribution < 1.29 is 29.0 Å². The van der Waals surface area contributed by atoms with Crippen LogP contribution in [0.4, 0.5) is 0 Å². The van der Waals surface area contributed by atoms with Gasteiger partial charge in [0.2, 0.25) is 0 Å². The highest BCUT2D eigenvalue weighted by molar-refractivity contribution is 6.12. The summed E-state index contributed by atoms with van der Waals surface area (Å²) in [6.45, 7) is 0.579. The third-order valence-corrected chi connectivity index (χ3v) is 7.24. The Labute approximate surface area is 219 Å². The van der Waals surface area contributed by atoms with Crippen LogP contribution in [0.25, 0.3) is 0 Å². The fourth-order valence-corrected chi connectivity index (χ4v) is 5.17. The van der Waals surface area contributed by atoms with Crippen molar-refractivity contribution in [2.75, 3.05) is 0 Å². The summed E-state index contributed by atoms with van der Waals surface area (Å²) < 4.78 is 11.7. The first-order valence-electron chi connectivity index (χ1n) is 12.5. The van der Waals surface area contributed by atoms with E-state index in [-0.39, 0.29) is 24.6 Å². The van der Waals surface area contributed by atoms with E-state index in [2.05, 4.69) is 0 Å². The Bertz CT molecular complexity index is 1600. The Balaban J connectivity index is 1.26. The minimum Gasteiger partial charge on any atom is -0.549 e. The summed E-state index contributed by atoms with van der Waals surface area (Å²) in [5.74, 6) is -1.55. The van der Waals surface area contributed by atoms with Crippen LogP contribution in [0.2, 0.25) is 0 Å². The van der Waals surface area contributed by atoms with Gasteiger partial charge in [0.1, 0.15) is 24.7 Å². The van der Waals surface area contributed by atoms with Crippen LogP contribution >= 0.6 is 0 Å². The van der Waals surface area contributed by atoms with Crippen molar-refractivity contribution in [3.05, 3.63) is 129 Å². The van der Waals surface area contributed by atoms with Crippen LogP contribution in [0.5, 0.6) is 11.5 Å². The molecule has 0 N–H and O–H groups in total. The van der Waals surface area contributed by atoms with E-state index in [4.69, 9.17) is 9.47 Å². The second-order valence-electron chi connectivity index (χ2n) is 9.55. The lowest BCUT2D eigenvalue weighted by Crippen LogP contribution is -2.30. The molecule has 38 heavy (non-hydrogen) atoms. The van der Waals surface area contributed by atoms with Crippen molar-refractivity contribution >= 4 is 17.5 Å². The molecule has 1 unspecified atom stereocenters. The van der Waals surface area contributed by atoms with Gasteiger partial charge >= 0.3 is 0 Å². The number of carboxylic acid groups (broad SMARTS) is 1. The van der Waals surface area contributed by atoms with Gasteiger partial charge in [0.25, 0.3) is 0 Å². The van der Waals surface area contributed by atoms with E-state index in [9.17, 15) is 19.5 Å². The number of rotatable bonds is 5. The highest BCUT2D eigenvalue weighted by Crippen LogP contribution is 2.34. The van der Waals surface area contributed by atoms with E-state index in [0.29, 0.717) is 52.3 Å². The smallest absolute Gasteiger partial charge is 0.197 e. The quantitative estimate of drug-likeness (QED) is 0.401. The normalized spacial score (nSPS) is 14.4. The van der Waals surface area contributed by atoms with Gasteiger partial charge in [-0.3, -0.25) is 9.59 Å². The maximum absolute atomic E-state index is 13.2. The summed E-state index contributed by atoms with van der Waals surface area (Å²) in [7, 11) is 0. The fraction of sp³-hybridized carbons (Fsp3) is 0.156. The molecule has 4 aromatic carbocycles. The molecule has 2 aliphatic heterocycles. The number of carbonyl (C=O) groups excluding carboxylic acids is 3. The van der Waals surface area contributed by atoms with Gasteiger partial charge in [0.15, 0.2) is 11.6 Å². The first-order chi connectivity index (χ1) is 18.5. The van der Waals surface area contributed by atoms with Crippen molar-refractivity contribution in [2.24, 2.45) is 0 Å². The van der Waals surface area contributed by atoms with Gasteiger partial charge in [-0.1, -0.05) is 60.7 Å². The van der Waals surface area contributed by atoms with Gasteiger partial charge in [0.05, 0.1) is 11.1 Å². The van der Waals surface area contributed by atoms with Crippen LogP contribution < -0.4 is 14.6 Å². The summed E-state index contributed by atoms with van der Waals surface area (Å²) in [6.07, 6.45) is 0.627. The van der Waals surface area contributed by atoms with Crippen LogP contribution in [0.3, 0.4) is 0 Å². The minimum absolute atomic E-state index is 0.115. The summed E-state index contributed by atoms with van der Waals surface area (Å²) in [6, 6.07) is 24.9. The van der Waals surface area contributed by atoms with Crippen molar-refractivity contribution in [3.8, 4) is 11.5 Å². The number of carbonyl (C=O) groups is 3. The van der Waals surface area contributed by atoms with Crippen LogP contribution in [0.1, 0.15) is 66.4 Å². The monoisotopic (exact) mass is 503 g/mol. The number of ether oxygens (including phenoxy) is 2. The summed E-state index contributed by atoms with van der Waals surface area (Å²) in [5.41, 5.74) is 4.86. The largest absolute Gasteiger partial charge is 0.549 e. The van der Waals surface area contributed by atoms with Crippen LogP contribution in [-0.4, -0.2) is 17.5 Å². The molecule has 6 nitrogen and oxygen atoms in total. The lowest BCUT2D eigenvalue weighted by Gasteiger charge is -2.20. The second-order valence-corrected chi connectivity index (χ2v) is 9.55. The molecule has 0 aliphatic carbocycles. The van der Waals surface area contributed by atoms with Crippen molar-refractivity contribution in [3.63, 3.8) is 0 Å². The Morgan fingerprint density at radius 3 is 1.87 bits per heavy atom. The summed E-state index contributed by atoms with van der Waals surface area (Å²) in [5, 5.41) is 12.2. The zero-order valence-electron chi connectivity index (χ0n) is 20.4. The van der Waals surface area contributed by atoms with Crippen LogP contribution in [-0.2, 0) is 24.4 Å². The standard InChI is InChI=1S/C32H24O6/c33-30-23-7-3-1-5-21(23)17-37-28-13-10-19(15-26(28)30)9-12-25(32(35)36)20-11-14-29-27(16-20)31(34)24-8-4-2-6-22(24)18-38-29/h1-8,10-11,13-16,25H,9,12,17-18H2,(H,35,36)/p-1. The Hall–Kier alpha value is -4.71. The number of carboxylic acids is 1. The maximum Gasteiger partial charge on any atom is 0.197 e. The Morgan fingerprint density at radius 2 is 1.26 bits per heavy atom. The molecular weight excluding hydrogens is 480 g/mol. The lowest BCUT2D eigenvalue weighted by molar-refractivity contribution is -0.308. The predicted molar refractivity (Wildman–Crippen MR) is 137 cm³/mol. The van der Waals surface area contributed by atoms with Gasteiger partial charge in [-0.2, -0.15) is 0 Å². The maximum atomic E-state index is 13.2. The SMILES string of the molecule is O=C1c2ccccc2COc2ccc(CCC(C(=O)[O-])c3ccc4c(c3)C(=O)c3ccccc3CO4)cc21. The number of ketones is 2. The van der Waals surface area contributed by atoms with Crippen molar-refractivity contribution in [1.29, 1.82) is 0 Å². The molecule has 0 bridgehead atoms. The van der Waals surface area contributed by atoms with E-state index < -0.39 is 11.9 Å². The van der Waals surface area contributed by atoms with E-state index in [1.165, 1.54) is 0 Å². The van der Waals surface area contributed by atoms with Crippen molar-refractivity contribution in [1.82, 2.24) is 0 Å². The molecule has 0 spiro atoms. The van der Waals surface area contributed by atoms with Crippen molar-refractivity contribution in [2.45, 2.75) is 32.0 Å². The number of aliphatic carboxylic acids is 1. The summed E-state index contributed by atoms with van der Waals surface area (Å²) >= 11 is 0. The molecule has 1 atom stereocenters. The van der Waals surface area contributed by atoms with Gasteiger partial charge in [-0.25, -0.2) is 0 Å². The summed E-state index contributed by atoms with van der Waals surface area (Å²) in [4.78, 5) is 38.7. The average Bonchev–Trinajstić information content (AvgIpc) is 3.17. The number of aryl methyl sites for hydroxylation is 1. The third kappa shape index (κ3) is 4.24. The molecule has 0 amide bonds. The van der Waals surface area contributed by atoms with E-state index >= 15 is 0 Å². The van der Waals surface area contributed by atoms with Gasteiger partial charge in [-0.15, -0.1) is 0 Å². The van der Waals surface area contributed by atoms with E-state index in [1.807, 2.05) is 36.4 Å². The zero-order chi connectivity index (χ0) is 26.2. The first-order valence-corrected chi connectivity index (χ1v) is 12.5. The zero-order valence-corrected chi connectivity index (χ0v) is 20.4. The fourth-order valence-electron chi connectivity index (χ4n) is 5.17. The molecule has 0 saturated heterocycles. The molecular formula is C32H23O6-. The number of fused-ring (bicyclic) bond motifs is 4. The minimum atomic E-state index is -1.23. The Kier molecular flexibility index (Phi) is 6.00. The Morgan fingerprint density at radius 1 is 0.711 bits per heavy atom. The number of hydrogen-bond donors (Lipinski definition) is 0. The topological polar surface area (TPSA) is 92.7 Å². The highest BCUT2D eigenvalue weighted by atomic mass is 16.5. The number of benzene rings is 4. The molecule has 6 rings (SSSR count). The molecule has 2 aliphatic rings. The molecule has 188 valence electrons. The van der Waals surface area contributed by atoms with E-state index in [1.54, 1.807) is 48.5 Å². The lowest BCUT2D eigenvalue weighted by atomic mass is 9.89. The molecule has 6 heteroatoms. The first kappa shape index (κ1) is 23.7. The number of hydrogen-bond acceptors (Lipinski definition) is 6. The van der Waals surface area contributed by atoms with E-state index in [0.717, 1.165) is 16.7 Å². The van der Waals surface area contributed by atoms with Gasteiger partial charge < -0.3 is 19.4 Å². The molecule has 0 radical (unpaired) electrons. The van der Waals surface area contributed by atoms with Gasteiger partial charge in [-0.05, 0) is 48.2 Å². The predicted octanol–water partition coefficient (Wildman–Crippen LogP) is 4.40. The molecule has 0 aromatic heterocycles. The van der Waals surface area contributed by atoms with Gasteiger partial charge in [0, 0.05) is 34.1 Å². The van der Waals surface area contributed by atoms with Crippen LogP contribution in [0.15, 0.2) is 84.9 Å². The average molecular weight is 504 g/mol.